The summed E-state index contributed by atoms with van der Waals surface area (Å²) >= 11 is 0. The third-order valence-electron chi connectivity index (χ3n) is 4.00. The molecule has 2 heterocycles. The lowest BCUT2D eigenvalue weighted by molar-refractivity contribution is 0.0928. The molecule has 0 saturated carbocycles. The predicted octanol–water partition coefficient (Wildman–Crippen LogP) is 3.89. The average molecular weight is 304 g/mol. The zero-order valence-electron chi connectivity index (χ0n) is 12.5. The molecule has 0 atom stereocenters. The summed E-state index contributed by atoms with van der Waals surface area (Å²) in [7, 11) is 0. The Hall–Kier alpha value is -3.01. The Morgan fingerprint density at radius 3 is 2.83 bits per heavy atom. The van der Waals surface area contributed by atoms with Gasteiger partial charge in [0.15, 0.2) is 5.76 Å². The van der Waals surface area contributed by atoms with E-state index in [1.165, 1.54) is 10.9 Å². The molecular weight excluding hydrogens is 288 g/mol. The van der Waals surface area contributed by atoms with Crippen LogP contribution in [-0.4, -0.2) is 17.4 Å². The largest absolute Gasteiger partial charge is 0.451 e. The van der Waals surface area contributed by atoms with Crippen LogP contribution in [0.4, 0.5) is 0 Å². The number of hydrogen-bond acceptors (Lipinski definition) is 2. The summed E-state index contributed by atoms with van der Waals surface area (Å²) in [6.07, 6.45) is 2.77. The molecule has 0 aliphatic carbocycles. The fourth-order valence-electron chi connectivity index (χ4n) is 2.83. The molecule has 0 aliphatic rings. The number of furan rings is 1. The predicted molar refractivity (Wildman–Crippen MR) is 90.5 cm³/mol. The molecule has 0 unspecified atom stereocenters. The van der Waals surface area contributed by atoms with Crippen molar-refractivity contribution in [2.45, 2.75) is 6.42 Å². The minimum Gasteiger partial charge on any atom is -0.451 e. The summed E-state index contributed by atoms with van der Waals surface area (Å²) < 4.78 is 5.57. The number of H-pyrrole nitrogens is 1. The summed E-state index contributed by atoms with van der Waals surface area (Å²) in [6.45, 7) is 0.567. The molecule has 4 aromatic rings. The van der Waals surface area contributed by atoms with Crippen LogP contribution >= 0.6 is 0 Å². The van der Waals surface area contributed by atoms with E-state index in [2.05, 4.69) is 16.4 Å². The molecule has 0 spiro atoms. The van der Waals surface area contributed by atoms with Crippen molar-refractivity contribution >= 4 is 27.8 Å². The van der Waals surface area contributed by atoms with E-state index >= 15 is 0 Å². The van der Waals surface area contributed by atoms with E-state index in [9.17, 15) is 4.79 Å². The van der Waals surface area contributed by atoms with E-state index in [0.717, 1.165) is 22.9 Å². The van der Waals surface area contributed by atoms with Gasteiger partial charge in [-0.3, -0.25) is 4.79 Å². The maximum absolute atomic E-state index is 12.2. The number of carbonyl (C=O) groups excluding carboxylic acids is 1. The van der Waals surface area contributed by atoms with Gasteiger partial charge in [0.2, 0.25) is 0 Å². The van der Waals surface area contributed by atoms with E-state index in [1.54, 1.807) is 6.07 Å². The number of benzene rings is 2. The van der Waals surface area contributed by atoms with Crippen LogP contribution in [0.1, 0.15) is 16.1 Å². The third kappa shape index (κ3) is 2.59. The number of aromatic amines is 1. The van der Waals surface area contributed by atoms with Gasteiger partial charge in [-0.05, 0) is 30.2 Å². The van der Waals surface area contributed by atoms with Crippen molar-refractivity contribution in [2.75, 3.05) is 6.54 Å². The number of aromatic nitrogens is 1. The Morgan fingerprint density at radius 2 is 1.91 bits per heavy atom. The highest BCUT2D eigenvalue weighted by molar-refractivity contribution is 5.96. The smallest absolute Gasteiger partial charge is 0.287 e. The molecule has 0 bridgehead atoms. The zero-order valence-corrected chi connectivity index (χ0v) is 12.5. The number of nitrogens with one attached hydrogen (secondary N) is 2. The van der Waals surface area contributed by atoms with Crippen LogP contribution < -0.4 is 5.32 Å². The van der Waals surface area contributed by atoms with Crippen molar-refractivity contribution in [2.24, 2.45) is 0 Å². The summed E-state index contributed by atoms with van der Waals surface area (Å²) in [5.74, 6) is 0.172. The lowest BCUT2D eigenvalue weighted by atomic mass is 10.1. The van der Waals surface area contributed by atoms with Gasteiger partial charge in [-0.1, -0.05) is 36.4 Å². The number of fused-ring (bicyclic) bond motifs is 2. The van der Waals surface area contributed by atoms with E-state index in [1.807, 2.05) is 48.7 Å². The first-order valence-electron chi connectivity index (χ1n) is 7.63. The number of hydrogen-bond donors (Lipinski definition) is 2. The van der Waals surface area contributed by atoms with Crippen LogP contribution in [0, 0.1) is 0 Å². The lowest BCUT2D eigenvalue weighted by Gasteiger charge is -2.02. The van der Waals surface area contributed by atoms with Crippen LogP contribution in [0.2, 0.25) is 0 Å². The number of rotatable bonds is 4. The van der Waals surface area contributed by atoms with Gasteiger partial charge in [0.25, 0.3) is 5.91 Å². The fourth-order valence-corrected chi connectivity index (χ4v) is 2.83. The highest BCUT2D eigenvalue weighted by atomic mass is 16.3. The van der Waals surface area contributed by atoms with Crippen LogP contribution in [0.3, 0.4) is 0 Å². The molecule has 0 saturated heterocycles. The molecule has 4 rings (SSSR count). The van der Waals surface area contributed by atoms with Crippen LogP contribution in [0.25, 0.3) is 21.9 Å². The molecule has 2 aromatic heterocycles. The molecule has 4 nitrogen and oxygen atoms in total. The highest BCUT2D eigenvalue weighted by Crippen LogP contribution is 2.19. The third-order valence-corrected chi connectivity index (χ3v) is 4.00. The van der Waals surface area contributed by atoms with Crippen molar-refractivity contribution in [3.05, 3.63) is 72.1 Å². The van der Waals surface area contributed by atoms with Gasteiger partial charge in [0.1, 0.15) is 5.58 Å². The van der Waals surface area contributed by atoms with E-state index in [4.69, 9.17) is 4.42 Å². The second-order valence-electron chi connectivity index (χ2n) is 5.51. The maximum Gasteiger partial charge on any atom is 0.287 e. The van der Waals surface area contributed by atoms with Crippen molar-refractivity contribution in [3.63, 3.8) is 0 Å². The number of amides is 1. The monoisotopic (exact) mass is 304 g/mol. The SMILES string of the molecule is O=C(NCCc1c[nH]c2ccccc12)c1cc2ccccc2o1. The van der Waals surface area contributed by atoms with Crippen LogP contribution in [0.5, 0.6) is 0 Å². The Labute approximate surface area is 133 Å². The first kappa shape index (κ1) is 13.6. The number of para-hydroxylation sites is 2. The molecule has 23 heavy (non-hydrogen) atoms. The van der Waals surface area contributed by atoms with Gasteiger partial charge >= 0.3 is 0 Å². The second-order valence-corrected chi connectivity index (χ2v) is 5.51. The molecule has 2 aromatic carbocycles. The quantitative estimate of drug-likeness (QED) is 0.601. The molecule has 1 amide bonds. The first-order valence-corrected chi connectivity index (χ1v) is 7.63. The van der Waals surface area contributed by atoms with E-state index in [-0.39, 0.29) is 5.91 Å². The minimum atomic E-state index is -0.180. The van der Waals surface area contributed by atoms with Crippen molar-refractivity contribution < 1.29 is 9.21 Å². The summed E-state index contributed by atoms with van der Waals surface area (Å²) in [6, 6.07) is 17.5. The summed E-state index contributed by atoms with van der Waals surface area (Å²) in [5.41, 5.74) is 3.05. The van der Waals surface area contributed by atoms with Crippen molar-refractivity contribution in [3.8, 4) is 0 Å². The topological polar surface area (TPSA) is 58.0 Å². The van der Waals surface area contributed by atoms with Crippen LogP contribution in [0.15, 0.2) is 65.2 Å². The van der Waals surface area contributed by atoms with Gasteiger partial charge in [-0.15, -0.1) is 0 Å². The Morgan fingerprint density at radius 1 is 1.09 bits per heavy atom. The lowest BCUT2D eigenvalue weighted by Crippen LogP contribution is -2.25. The van der Waals surface area contributed by atoms with E-state index in [0.29, 0.717) is 12.3 Å². The molecular formula is C19H16N2O2. The minimum absolute atomic E-state index is 0.180. The standard InChI is InChI=1S/C19H16N2O2/c22-19(18-11-13-5-1-4-8-17(13)23-18)20-10-9-14-12-21-16-7-3-2-6-15(14)16/h1-8,11-12,21H,9-10H2,(H,20,22). The molecule has 0 aliphatic heterocycles. The molecule has 114 valence electrons. The van der Waals surface area contributed by atoms with Gasteiger partial charge in [0.05, 0.1) is 0 Å². The van der Waals surface area contributed by atoms with Gasteiger partial charge in [0, 0.05) is 29.0 Å². The Kier molecular flexibility index (Phi) is 3.35. The highest BCUT2D eigenvalue weighted by Gasteiger charge is 2.11. The zero-order chi connectivity index (χ0) is 15.6. The van der Waals surface area contributed by atoms with Crippen molar-refractivity contribution in [1.29, 1.82) is 0 Å². The van der Waals surface area contributed by atoms with Gasteiger partial charge in [-0.25, -0.2) is 0 Å². The fraction of sp³-hybridized carbons (Fsp3) is 0.105. The average Bonchev–Trinajstić information content (AvgIpc) is 3.19. The molecule has 0 fully saturated rings. The summed E-state index contributed by atoms with van der Waals surface area (Å²) in [4.78, 5) is 15.4. The normalized spacial score (nSPS) is 11.1. The second kappa shape index (κ2) is 5.65. The molecule has 0 radical (unpaired) electrons. The van der Waals surface area contributed by atoms with Gasteiger partial charge < -0.3 is 14.7 Å². The first-order chi connectivity index (χ1) is 11.3. The van der Waals surface area contributed by atoms with Crippen molar-refractivity contribution in [1.82, 2.24) is 10.3 Å². The number of carbonyl (C=O) groups is 1. The molecule has 4 heteroatoms. The van der Waals surface area contributed by atoms with Gasteiger partial charge in [-0.2, -0.15) is 0 Å². The summed E-state index contributed by atoms with van der Waals surface area (Å²) in [5, 5.41) is 5.05. The van der Waals surface area contributed by atoms with E-state index < -0.39 is 0 Å². The maximum atomic E-state index is 12.2. The Bertz CT molecular complexity index is 948. The molecule has 2 N–H and O–H groups in total. The Balaban J connectivity index is 1.43. The van der Waals surface area contributed by atoms with Crippen LogP contribution in [-0.2, 0) is 6.42 Å².